The molecule has 0 bridgehead atoms. The third-order valence-corrected chi connectivity index (χ3v) is 16.7. The van der Waals surface area contributed by atoms with Crippen LogP contribution in [0.3, 0.4) is 0 Å². The van der Waals surface area contributed by atoms with E-state index >= 15 is 0 Å². The van der Waals surface area contributed by atoms with Crippen molar-refractivity contribution in [3.63, 3.8) is 0 Å². The van der Waals surface area contributed by atoms with E-state index in [1.165, 1.54) is 8.47 Å². The van der Waals surface area contributed by atoms with Gasteiger partial charge in [0.25, 0.3) is 0 Å². The van der Waals surface area contributed by atoms with E-state index < -0.39 is 0 Å². The Kier molecular flexibility index (Phi) is 5.52. The van der Waals surface area contributed by atoms with Gasteiger partial charge < -0.3 is 0 Å². The summed E-state index contributed by atoms with van der Waals surface area (Å²) in [6, 6.07) is 0. The predicted octanol–water partition coefficient (Wildman–Crippen LogP) is 7.84. The maximum atomic E-state index is 2.36. The van der Waals surface area contributed by atoms with Crippen molar-refractivity contribution in [2.45, 2.75) is 48.7 Å². The summed E-state index contributed by atoms with van der Waals surface area (Å²) in [5.41, 5.74) is 0. The normalized spacial score (nSPS) is 38.7. The highest BCUT2D eigenvalue weighted by atomic mass is 32.3. The zero-order chi connectivity index (χ0) is 15.4. The van der Waals surface area contributed by atoms with Gasteiger partial charge in [0, 0.05) is 21.0 Å². The lowest BCUT2D eigenvalue weighted by Crippen LogP contribution is -2.14. The van der Waals surface area contributed by atoms with Gasteiger partial charge in [0.2, 0.25) is 0 Å². The van der Waals surface area contributed by atoms with Gasteiger partial charge in [-0.05, 0) is 0 Å². The maximum absolute atomic E-state index is 2.36. The van der Waals surface area contributed by atoms with Crippen LogP contribution in [-0.4, -0.2) is 21.0 Å². The number of thioether (sulfide) groups is 8. The van der Waals surface area contributed by atoms with Crippen molar-refractivity contribution in [3.8, 4) is 0 Å². The highest BCUT2D eigenvalue weighted by molar-refractivity contribution is 8.45. The smallest absolute Gasteiger partial charge is 0.0717 e. The Hall–Kier alpha value is 2.02. The highest BCUT2D eigenvalue weighted by Crippen LogP contribution is 2.69. The van der Waals surface area contributed by atoms with Crippen molar-refractivity contribution in [1.29, 1.82) is 0 Å². The predicted molar refractivity (Wildman–Crippen MR) is 120 cm³/mol. The molecule has 0 aromatic carbocycles. The molecule has 0 nitrogen and oxygen atoms in total. The quantitative estimate of drug-likeness (QED) is 0.369. The van der Waals surface area contributed by atoms with E-state index in [2.05, 4.69) is 74.7 Å². The zero-order valence-corrected chi connectivity index (χ0v) is 19.1. The molecule has 4 atom stereocenters. The molecule has 0 aromatic rings. The van der Waals surface area contributed by atoms with Crippen molar-refractivity contribution in [2.75, 3.05) is 0 Å². The van der Waals surface area contributed by atoms with Gasteiger partial charge in [0.05, 0.1) is 25.4 Å². The summed E-state index contributed by atoms with van der Waals surface area (Å²) in [5, 5.41) is 2.90. The summed E-state index contributed by atoms with van der Waals surface area (Å²) in [6.45, 7) is 9.44. The Bertz CT molecular complexity index is 504. The minimum atomic E-state index is 0.726. The third-order valence-electron chi connectivity index (χ3n) is 3.74. The maximum Gasteiger partial charge on any atom is 0.0717 e. The van der Waals surface area contributed by atoms with Crippen LogP contribution in [0, 0.1) is 0 Å². The van der Waals surface area contributed by atoms with E-state index in [9.17, 15) is 0 Å². The second-order valence-electron chi connectivity index (χ2n) is 5.42. The molecule has 0 saturated heterocycles. The van der Waals surface area contributed by atoms with Gasteiger partial charge in [-0.25, -0.2) is 0 Å². The number of rotatable bonds is 0. The molecule has 4 aliphatic heterocycles. The molecule has 0 radical (unpaired) electrons. The first-order valence-corrected chi connectivity index (χ1v) is 13.9. The third kappa shape index (κ3) is 3.33. The molecule has 0 N–H and O–H groups in total. The largest absolute Gasteiger partial charge is 0.113 e. The van der Waals surface area contributed by atoms with Gasteiger partial charge in [-0.3, -0.25) is 0 Å². The minimum absolute atomic E-state index is 0.726. The van der Waals surface area contributed by atoms with Crippen LogP contribution < -0.4 is 0 Å². The van der Waals surface area contributed by atoms with Crippen LogP contribution in [0.25, 0.3) is 0 Å². The molecule has 0 amide bonds. The van der Waals surface area contributed by atoms with E-state index in [1.807, 2.05) is 47.0 Å². The first-order valence-electron chi connectivity index (χ1n) is 7.12. The second kappa shape index (κ2) is 6.97. The van der Waals surface area contributed by atoms with Gasteiger partial charge in [0.1, 0.15) is 0 Å². The van der Waals surface area contributed by atoms with E-state index in [-0.39, 0.29) is 0 Å². The minimum Gasteiger partial charge on any atom is -0.113 e. The van der Waals surface area contributed by atoms with E-state index in [0.29, 0.717) is 0 Å². The van der Waals surface area contributed by atoms with Crippen LogP contribution >= 0.6 is 94.1 Å². The molecule has 22 heavy (non-hydrogen) atoms. The van der Waals surface area contributed by atoms with Crippen LogP contribution in [-0.2, 0) is 0 Å². The van der Waals surface area contributed by atoms with E-state index in [0.717, 1.165) is 21.0 Å². The summed E-state index contributed by atoms with van der Waals surface area (Å²) >= 11 is 16.4. The zero-order valence-electron chi connectivity index (χ0n) is 12.6. The monoisotopic (exact) mass is 440 g/mol. The van der Waals surface area contributed by atoms with Crippen LogP contribution in [0.1, 0.15) is 27.7 Å². The number of hydrogen-bond donors (Lipinski definition) is 0. The summed E-state index contributed by atoms with van der Waals surface area (Å²) in [5.74, 6) is 0. The van der Waals surface area contributed by atoms with Crippen molar-refractivity contribution < 1.29 is 0 Å². The first kappa shape index (κ1) is 17.4. The fraction of sp³-hybridized carbons (Fsp3) is 0.571. The summed E-state index contributed by atoms with van der Waals surface area (Å²) in [4.78, 5) is 0. The lowest BCUT2D eigenvalue weighted by Gasteiger charge is -2.24. The van der Waals surface area contributed by atoms with Gasteiger partial charge in [-0.2, -0.15) is 0 Å². The van der Waals surface area contributed by atoms with Crippen molar-refractivity contribution in [2.24, 2.45) is 0 Å². The first-order chi connectivity index (χ1) is 10.5. The van der Waals surface area contributed by atoms with Crippen molar-refractivity contribution in [1.82, 2.24) is 0 Å². The number of hydrogen-bond acceptors (Lipinski definition) is 8. The molecule has 4 rings (SSSR count). The summed E-state index contributed by atoms with van der Waals surface area (Å²) in [7, 11) is 0. The lowest BCUT2D eigenvalue weighted by molar-refractivity contribution is 0.931. The van der Waals surface area contributed by atoms with Crippen LogP contribution in [0.2, 0.25) is 0 Å². The lowest BCUT2D eigenvalue weighted by atomic mass is 10.4. The molecule has 0 aliphatic carbocycles. The SMILES string of the molecule is C[C@H]1SC2=C(SC(=C3SC4=C(S3)S[C@H](C)[C@@H](C)S4)S2)S[C@@H]1C. The topological polar surface area (TPSA) is 0 Å². The van der Waals surface area contributed by atoms with E-state index in [1.54, 1.807) is 16.9 Å². The average Bonchev–Trinajstić information content (AvgIpc) is 3.03. The standard InChI is InChI=1S/C14H16S8/c1-5-6(2)16-10-9(15-5)19-13(20-10)14-21-11-12(22-14)18-8(4)7(3)17-11/h5-8H,1-4H3/t5-,6-,7-,8-/m1/s1. The molecule has 4 aliphatic rings. The van der Waals surface area contributed by atoms with Gasteiger partial charge >= 0.3 is 0 Å². The average molecular weight is 441 g/mol. The molecule has 4 heterocycles. The molecule has 0 spiro atoms. The highest BCUT2D eigenvalue weighted by Gasteiger charge is 2.37. The van der Waals surface area contributed by atoms with Gasteiger partial charge in [0.15, 0.2) is 0 Å². The molecule has 0 fully saturated rings. The van der Waals surface area contributed by atoms with Crippen LogP contribution in [0.5, 0.6) is 0 Å². The Morgan fingerprint density at radius 2 is 0.636 bits per heavy atom. The Morgan fingerprint density at radius 1 is 0.409 bits per heavy atom. The Labute approximate surface area is 166 Å². The summed E-state index contributed by atoms with van der Waals surface area (Å²) < 4.78 is 9.26. The van der Waals surface area contributed by atoms with Gasteiger partial charge in [-0.1, -0.05) is 74.7 Å². The fourth-order valence-electron chi connectivity index (χ4n) is 2.06. The molecule has 0 aromatic heterocycles. The second-order valence-corrected chi connectivity index (χ2v) is 16.6. The van der Waals surface area contributed by atoms with Crippen LogP contribution in [0.15, 0.2) is 25.4 Å². The van der Waals surface area contributed by atoms with Crippen molar-refractivity contribution >= 4 is 94.1 Å². The molecular formula is C14H16S8. The molecule has 8 heteroatoms. The van der Waals surface area contributed by atoms with Gasteiger partial charge in [-0.15, -0.1) is 47.0 Å². The Balaban J connectivity index is 1.50. The van der Waals surface area contributed by atoms with E-state index in [4.69, 9.17) is 0 Å². The molecule has 0 unspecified atom stereocenters. The molecule has 120 valence electrons. The molecule has 0 saturated carbocycles. The fourth-order valence-corrected chi connectivity index (χ4v) is 15.3. The molecular weight excluding hydrogens is 425 g/mol. The van der Waals surface area contributed by atoms with Crippen LogP contribution in [0.4, 0.5) is 0 Å². The Morgan fingerprint density at radius 3 is 0.864 bits per heavy atom. The summed E-state index contributed by atoms with van der Waals surface area (Å²) in [6.07, 6.45) is 0. The van der Waals surface area contributed by atoms with Crippen molar-refractivity contribution in [3.05, 3.63) is 25.4 Å².